The maximum absolute atomic E-state index is 13.7. The van der Waals surface area contributed by atoms with E-state index in [1.165, 1.54) is 4.90 Å². The number of aliphatic hydroxyl groups is 1. The van der Waals surface area contributed by atoms with E-state index in [-0.39, 0.29) is 23.2 Å². The lowest BCUT2D eigenvalue weighted by molar-refractivity contribution is -0.132. The van der Waals surface area contributed by atoms with Crippen LogP contribution in [0.4, 0.5) is 5.95 Å². The van der Waals surface area contributed by atoms with Crippen molar-refractivity contribution in [3.8, 4) is 17.2 Å². The highest BCUT2D eigenvalue weighted by Crippen LogP contribution is 2.43. The molecule has 3 aromatic carbocycles. The fourth-order valence-electron chi connectivity index (χ4n) is 5.10. The van der Waals surface area contributed by atoms with Crippen LogP contribution in [0, 0.1) is 6.92 Å². The molecule has 1 unspecified atom stereocenters. The van der Waals surface area contributed by atoms with Gasteiger partial charge in [-0.2, -0.15) is 0 Å². The Balaban J connectivity index is 1.74. The highest BCUT2D eigenvalue weighted by Gasteiger charge is 2.48. The van der Waals surface area contributed by atoms with Crippen LogP contribution in [0.2, 0.25) is 0 Å². The first-order valence-corrected chi connectivity index (χ1v) is 12.9. The predicted octanol–water partition coefficient (Wildman–Crippen LogP) is 5.65. The van der Waals surface area contributed by atoms with Gasteiger partial charge in [0.2, 0.25) is 5.95 Å². The molecule has 0 radical (unpaired) electrons. The quantitative estimate of drug-likeness (QED) is 0.177. The third-order valence-electron chi connectivity index (χ3n) is 7.23. The molecule has 0 saturated carbocycles. The number of H-pyrrole nitrogens is 1. The van der Waals surface area contributed by atoms with E-state index in [9.17, 15) is 14.7 Å². The fraction of sp³-hybridized carbons (Fsp3) is 0.258. The second-order valence-electron chi connectivity index (χ2n) is 9.95. The van der Waals surface area contributed by atoms with E-state index in [2.05, 4.69) is 9.97 Å². The maximum Gasteiger partial charge on any atom is 0.302 e. The number of hydrogen-bond donors (Lipinski definition) is 2. The molecule has 206 valence electrons. The normalized spacial score (nSPS) is 16.7. The first kappa shape index (κ1) is 26.8. The number of imidazole rings is 1. The SMILES string of the molecule is COc1ccc(C2/C(=C(\O)c3cc(C(C)C)c(OC)cc3C)C(=O)C(=O)N2c2nc3ccc(OC)cc3[nH]2)cc1. The highest BCUT2D eigenvalue weighted by molar-refractivity contribution is 6.51. The number of nitrogens with one attached hydrogen (secondary N) is 1. The Morgan fingerprint density at radius 3 is 2.25 bits per heavy atom. The van der Waals surface area contributed by atoms with Gasteiger partial charge < -0.3 is 24.3 Å². The largest absolute Gasteiger partial charge is 0.507 e. The Hall–Kier alpha value is -4.79. The molecule has 1 atom stereocenters. The van der Waals surface area contributed by atoms with Gasteiger partial charge in [0.15, 0.2) is 0 Å². The number of aromatic amines is 1. The van der Waals surface area contributed by atoms with Crippen LogP contribution in [0.1, 0.15) is 48.1 Å². The number of aromatic nitrogens is 2. The number of amides is 1. The van der Waals surface area contributed by atoms with E-state index in [1.807, 2.05) is 32.9 Å². The van der Waals surface area contributed by atoms with Crippen molar-refractivity contribution in [2.75, 3.05) is 26.2 Å². The van der Waals surface area contributed by atoms with Crippen LogP contribution in [0.5, 0.6) is 17.2 Å². The second kappa shape index (κ2) is 10.4. The summed E-state index contributed by atoms with van der Waals surface area (Å²) in [6.07, 6.45) is 0. The summed E-state index contributed by atoms with van der Waals surface area (Å²) in [4.78, 5) is 36.3. The third kappa shape index (κ3) is 4.43. The van der Waals surface area contributed by atoms with Crippen molar-refractivity contribution in [1.82, 2.24) is 9.97 Å². The summed E-state index contributed by atoms with van der Waals surface area (Å²) in [6, 6.07) is 15.0. The molecule has 9 nitrogen and oxygen atoms in total. The summed E-state index contributed by atoms with van der Waals surface area (Å²) in [5.74, 6) is 0.321. The van der Waals surface area contributed by atoms with Gasteiger partial charge in [-0.3, -0.25) is 14.5 Å². The number of anilines is 1. The van der Waals surface area contributed by atoms with Crippen molar-refractivity contribution in [3.63, 3.8) is 0 Å². The minimum absolute atomic E-state index is 0.0313. The molecular formula is C31H31N3O6. The maximum atomic E-state index is 13.7. The Morgan fingerprint density at radius 1 is 0.950 bits per heavy atom. The molecule has 9 heteroatoms. The Kier molecular flexibility index (Phi) is 6.97. The molecule has 4 aromatic rings. The molecule has 0 spiro atoms. The zero-order chi connectivity index (χ0) is 28.7. The number of aliphatic hydroxyl groups excluding tert-OH is 1. The number of nitrogens with zero attached hydrogens (tertiary/aromatic N) is 2. The monoisotopic (exact) mass is 541 g/mol. The molecule has 0 aliphatic carbocycles. The highest BCUT2D eigenvalue weighted by atomic mass is 16.5. The lowest BCUT2D eigenvalue weighted by Crippen LogP contribution is -2.30. The number of carbonyl (C=O) groups is 2. The minimum Gasteiger partial charge on any atom is -0.507 e. The van der Waals surface area contributed by atoms with Gasteiger partial charge in [0.05, 0.1) is 44.0 Å². The lowest BCUT2D eigenvalue weighted by Gasteiger charge is -2.23. The number of rotatable bonds is 7. The smallest absolute Gasteiger partial charge is 0.302 e. The fourth-order valence-corrected chi connectivity index (χ4v) is 5.10. The van der Waals surface area contributed by atoms with Crippen LogP contribution in [-0.4, -0.2) is 48.1 Å². The molecule has 2 heterocycles. The second-order valence-corrected chi connectivity index (χ2v) is 9.95. The Morgan fingerprint density at radius 2 is 1.62 bits per heavy atom. The van der Waals surface area contributed by atoms with Crippen molar-refractivity contribution in [2.24, 2.45) is 0 Å². The average molecular weight is 542 g/mol. The molecule has 0 bridgehead atoms. The summed E-state index contributed by atoms with van der Waals surface area (Å²) in [7, 11) is 4.72. The van der Waals surface area contributed by atoms with E-state index < -0.39 is 17.7 Å². The standard InChI is InChI=1S/C31H31N3O6/c1-16(2)21-15-22(17(3)13-25(21)40-6)28(35)26-27(18-7-9-19(38-4)10-8-18)34(30(37)29(26)36)31-32-23-12-11-20(39-5)14-24(23)33-31/h7-16,27,35H,1-6H3,(H,32,33)/b28-26+. The molecule has 1 aliphatic heterocycles. The third-order valence-corrected chi connectivity index (χ3v) is 7.23. The molecule has 1 amide bonds. The van der Waals surface area contributed by atoms with Crippen LogP contribution < -0.4 is 19.1 Å². The van der Waals surface area contributed by atoms with E-state index >= 15 is 0 Å². The van der Waals surface area contributed by atoms with Crippen LogP contribution in [0.15, 0.2) is 60.2 Å². The number of fused-ring (bicyclic) bond motifs is 1. The molecule has 5 rings (SSSR count). The molecule has 2 N–H and O–H groups in total. The first-order chi connectivity index (χ1) is 19.2. The summed E-state index contributed by atoms with van der Waals surface area (Å²) in [5, 5.41) is 11.7. The van der Waals surface area contributed by atoms with Crippen molar-refractivity contribution in [2.45, 2.75) is 32.7 Å². The lowest BCUT2D eigenvalue weighted by atomic mass is 9.91. The van der Waals surface area contributed by atoms with Crippen molar-refractivity contribution in [1.29, 1.82) is 0 Å². The summed E-state index contributed by atoms with van der Waals surface area (Å²) in [6.45, 7) is 5.86. The summed E-state index contributed by atoms with van der Waals surface area (Å²) < 4.78 is 16.2. The van der Waals surface area contributed by atoms with Gasteiger partial charge >= 0.3 is 5.91 Å². The van der Waals surface area contributed by atoms with Gasteiger partial charge in [-0.25, -0.2) is 4.98 Å². The first-order valence-electron chi connectivity index (χ1n) is 12.9. The number of ether oxygens (including phenoxy) is 3. The van der Waals surface area contributed by atoms with Gasteiger partial charge in [0, 0.05) is 11.6 Å². The zero-order valence-corrected chi connectivity index (χ0v) is 23.2. The molecule has 1 fully saturated rings. The predicted molar refractivity (Wildman–Crippen MR) is 152 cm³/mol. The zero-order valence-electron chi connectivity index (χ0n) is 23.2. The number of hydrogen-bond acceptors (Lipinski definition) is 7. The number of aryl methyl sites for hydroxylation is 1. The van der Waals surface area contributed by atoms with E-state index in [1.54, 1.807) is 63.8 Å². The number of methoxy groups -OCH3 is 3. The number of Topliss-reactive ketones (excluding diaryl/α,β-unsaturated/α-hetero) is 1. The summed E-state index contributed by atoms with van der Waals surface area (Å²) >= 11 is 0. The summed E-state index contributed by atoms with van der Waals surface area (Å²) in [5.41, 5.74) is 3.84. The Labute approximate surface area is 232 Å². The van der Waals surface area contributed by atoms with Crippen LogP contribution in [0.25, 0.3) is 16.8 Å². The van der Waals surface area contributed by atoms with Gasteiger partial charge in [-0.05, 0) is 65.9 Å². The van der Waals surface area contributed by atoms with Crippen molar-refractivity contribution in [3.05, 3.63) is 82.4 Å². The van der Waals surface area contributed by atoms with Gasteiger partial charge in [-0.1, -0.05) is 26.0 Å². The number of carbonyl (C=O) groups excluding carboxylic acids is 2. The molecule has 1 aromatic heterocycles. The van der Waals surface area contributed by atoms with Crippen LogP contribution in [-0.2, 0) is 9.59 Å². The molecule has 1 aliphatic rings. The average Bonchev–Trinajstić information content (AvgIpc) is 3.49. The van der Waals surface area contributed by atoms with Crippen molar-refractivity contribution < 1.29 is 28.9 Å². The number of ketones is 1. The number of benzene rings is 3. The molecular weight excluding hydrogens is 510 g/mol. The van der Waals surface area contributed by atoms with Gasteiger partial charge in [0.25, 0.3) is 5.78 Å². The molecule has 1 saturated heterocycles. The Bertz CT molecular complexity index is 1650. The van der Waals surface area contributed by atoms with Crippen molar-refractivity contribution >= 4 is 34.4 Å². The van der Waals surface area contributed by atoms with Crippen LogP contribution in [0.3, 0.4) is 0 Å². The minimum atomic E-state index is -0.947. The van der Waals surface area contributed by atoms with E-state index in [0.717, 1.165) is 5.56 Å². The molecule has 40 heavy (non-hydrogen) atoms. The van der Waals surface area contributed by atoms with Gasteiger partial charge in [-0.15, -0.1) is 0 Å². The van der Waals surface area contributed by atoms with E-state index in [0.29, 0.717) is 45.0 Å². The van der Waals surface area contributed by atoms with E-state index in [4.69, 9.17) is 14.2 Å². The topological polar surface area (TPSA) is 114 Å². The van der Waals surface area contributed by atoms with Crippen LogP contribution >= 0.6 is 0 Å². The van der Waals surface area contributed by atoms with Gasteiger partial charge in [0.1, 0.15) is 23.0 Å².